The first-order valence-corrected chi connectivity index (χ1v) is 15.6. The first kappa shape index (κ1) is 29.9. The average molecular weight is 624 g/mol. The third kappa shape index (κ3) is 5.32. The van der Waals surface area contributed by atoms with Crippen LogP contribution in [0.15, 0.2) is 30.5 Å². The first-order chi connectivity index (χ1) is 21.8. The summed E-state index contributed by atoms with van der Waals surface area (Å²) >= 11 is 0. The summed E-state index contributed by atoms with van der Waals surface area (Å²) in [6.07, 6.45) is 2.99. The minimum atomic E-state index is -0.935. The third-order valence-corrected chi connectivity index (χ3v) is 9.53. The fourth-order valence-corrected chi connectivity index (χ4v) is 7.38. The fourth-order valence-electron chi connectivity index (χ4n) is 7.38. The van der Waals surface area contributed by atoms with Gasteiger partial charge in [-0.25, -0.2) is 13.2 Å². The predicted molar refractivity (Wildman–Crippen MR) is 163 cm³/mol. The van der Waals surface area contributed by atoms with E-state index in [0.717, 1.165) is 19.4 Å². The number of anilines is 1. The molecule has 0 amide bonds. The summed E-state index contributed by atoms with van der Waals surface area (Å²) in [5.74, 6) is -1.11. The highest BCUT2D eigenvalue weighted by molar-refractivity contribution is 6.01. The van der Waals surface area contributed by atoms with Crippen LogP contribution >= 0.6 is 0 Å². The van der Waals surface area contributed by atoms with Gasteiger partial charge in [0.25, 0.3) is 0 Å². The Balaban J connectivity index is 1.38. The molecule has 0 saturated carbocycles. The van der Waals surface area contributed by atoms with Gasteiger partial charge in [-0.2, -0.15) is 9.97 Å². The Kier molecular flexibility index (Phi) is 7.91. The molecule has 238 valence electrons. The monoisotopic (exact) mass is 623 g/mol. The molecule has 9 nitrogen and oxygen atoms in total. The molecule has 3 saturated heterocycles. The van der Waals surface area contributed by atoms with Crippen LogP contribution in [0.4, 0.5) is 19.0 Å². The highest BCUT2D eigenvalue weighted by atomic mass is 19.1. The number of fused-ring (bicyclic) bond motifs is 3. The number of aryl methyl sites for hydroxylation is 1. The van der Waals surface area contributed by atoms with Gasteiger partial charge in [0.2, 0.25) is 0 Å². The van der Waals surface area contributed by atoms with Crippen LogP contribution in [0.1, 0.15) is 31.7 Å². The SMILES string of the molecule is CCc1c(F)ccc2cc(O)cc(-c3ncc4c(N5CCOC[C@H](CO)C5)nc(OC[C@@]56CCCN5C[C@H](F)C6)nc4c3F)c12. The van der Waals surface area contributed by atoms with Gasteiger partial charge >= 0.3 is 6.01 Å². The Labute approximate surface area is 258 Å². The molecule has 4 aromatic rings. The average Bonchev–Trinajstić information content (AvgIpc) is 3.44. The number of pyridine rings is 1. The number of nitrogens with zero attached hydrogens (tertiary/aromatic N) is 5. The quantitative estimate of drug-likeness (QED) is 0.301. The number of phenols is 1. The van der Waals surface area contributed by atoms with Gasteiger partial charge in [-0.3, -0.25) is 9.88 Å². The standard InChI is InChI=1S/C33H36F3N5O4/c1-2-23-26(35)5-4-20-10-22(43)11-24(27(20)23)29-28(36)30-25(13-37-29)31(40-8-9-44-17-19(14-40)16-42)39-32(38-30)45-18-33-6-3-7-41(33)15-21(34)12-33/h4-5,10-11,13,19,21,42-43H,2-3,6-9,12,14-18H2,1H3/t19-,21+,33-/m0/s1. The van der Waals surface area contributed by atoms with Crippen molar-refractivity contribution in [2.24, 2.45) is 5.92 Å². The lowest BCUT2D eigenvalue weighted by molar-refractivity contribution is 0.0959. The van der Waals surface area contributed by atoms with E-state index in [1.165, 1.54) is 24.4 Å². The molecule has 0 spiro atoms. The summed E-state index contributed by atoms with van der Waals surface area (Å²) in [6, 6.07) is 5.73. The van der Waals surface area contributed by atoms with E-state index in [1.807, 2.05) is 11.8 Å². The molecule has 5 heterocycles. The first-order valence-electron chi connectivity index (χ1n) is 15.6. The number of aliphatic hydroxyl groups excluding tert-OH is 1. The topological polar surface area (TPSA) is 104 Å². The molecule has 7 rings (SSSR count). The summed E-state index contributed by atoms with van der Waals surface area (Å²) in [7, 11) is 0. The molecular weight excluding hydrogens is 587 g/mol. The second kappa shape index (κ2) is 11.9. The molecule has 45 heavy (non-hydrogen) atoms. The van der Waals surface area contributed by atoms with Crippen LogP contribution in [0.2, 0.25) is 0 Å². The molecule has 0 radical (unpaired) electrons. The Morgan fingerprint density at radius 3 is 2.84 bits per heavy atom. The number of hydrogen-bond acceptors (Lipinski definition) is 9. The van der Waals surface area contributed by atoms with Gasteiger partial charge in [0.15, 0.2) is 5.82 Å². The highest BCUT2D eigenvalue weighted by Gasteiger charge is 2.49. The Hall–Kier alpha value is -3.74. The smallest absolute Gasteiger partial charge is 0.319 e. The second-order valence-corrected chi connectivity index (χ2v) is 12.4. The second-order valence-electron chi connectivity index (χ2n) is 12.4. The Morgan fingerprint density at radius 2 is 2.02 bits per heavy atom. The zero-order valence-corrected chi connectivity index (χ0v) is 25.1. The molecular formula is C33H36F3N5O4. The maximum absolute atomic E-state index is 16.8. The van der Waals surface area contributed by atoms with Crippen molar-refractivity contribution < 1.29 is 32.9 Å². The number of aromatic nitrogens is 3. The maximum Gasteiger partial charge on any atom is 0.319 e. The lowest BCUT2D eigenvalue weighted by Gasteiger charge is -2.31. The van der Waals surface area contributed by atoms with Crippen LogP contribution < -0.4 is 9.64 Å². The van der Waals surface area contributed by atoms with Crippen molar-refractivity contribution in [2.75, 3.05) is 57.5 Å². The van der Waals surface area contributed by atoms with Crippen molar-refractivity contribution in [2.45, 2.75) is 44.3 Å². The number of aliphatic hydroxyl groups is 1. The largest absolute Gasteiger partial charge is 0.508 e. The fraction of sp³-hybridized carbons (Fsp3) is 0.485. The summed E-state index contributed by atoms with van der Waals surface area (Å²) in [5.41, 5.74) is 0.0289. The minimum absolute atomic E-state index is 0.0489. The number of phenolic OH excluding ortho intramolecular Hbond substituents is 1. The number of hydrogen-bond donors (Lipinski definition) is 2. The molecule has 2 aromatic carbocycles. The summed E-state index contributed by atoms with van der Waals surface area (Å²) < 4.78 is 58.0. The lowest BCUT2D eigenvalue weighted by Crippen LogP contribution is -2.43. The normalized spacial score (nSPS) is 24.0. The van der Waals surface area contributed by atoms with Crippen molar-refractivity contribution in [3.8, 4) is 23.0 Å². The molecule has 2 aromatic heterocycles. The van der Waals surface area contributed by atoms with E-state index >= 15 is 4.39 Å². The van der Waals surface area contributed by atoms with E-state index in [2.05, 4.69) is 14.9 Å². The zero-order valence-electron chi connectivity index (χ0n) is 25.1. The number of halogens is 3. The number of benzene rings is 2. The van der Waals surface area contributed by atoms with E-state index in [1.54, 1.807) is 6.07 Å². The maximum atomic E-state index is 16.8. The van der Waals surface area contributed by atoms with Crippen LogP contribution in [0.5, 0.6) is 11.8 Å². The molecule has 0 aliphatic carbocycles. The van der Waals surface area contributed by atoms with Crippen molar-refractivity contribution in [1.82, 2.24) is 19.9 Å². The molecule has 3 aliphatic rings. The van der Waals surface area contributed by atoms with Crippen molar-refractivity contribution >= 4 is 27.5 Å². The van der Waals surface area contributed by atoms with Gasteiger partial charge in [0, 0.05) is 50.3 Å². The number of aromatic hydroxyl groups is 1. The van der Waals surface area contributed by atoms with Crippen LogP contribution in [0, 0.1) is 17.6 Å². The molecule has 3 aliphatic heterocycles. The van der Waals surface area contributed by atoms with E-state index < -0.39 is 23.3 Å². The van der Waals surface area contributed by atoms with Gasteiger partial charge in [0.1, 0.15) is 41.4 Å². The third-order valence-electron chi connectivity index (χ3n) is 9.53. The lowest BCUT2D eigenvalue weighted by atomic mass is 9.94. The van der Waals surface area contributed by atoms with Crippen LogP contribution in [-0.2, 0) is 11.2 Å². The number of alkyl halides is 1. The Morgan fingerprint density at radius 1 is 1.16 bits per heavy atom. The van der Waals surface area contributed by atoms with Crippen molar-refractivity contribution in [1.29, 1.82) is 0 Å². The molecule has 2 N–H and O–H groups in total. The van der Waals surface area contributed by atoms with Gasteiger partial charge in [0.05, 0.1) is 24.1 Å². The summed E-state index contributed by atoms with van der Waals surface area (Å²) in [6.45, 7) is 4.64. The summed E-state index contributed by atoms with van der Waals surface area (Å²) in [4.78, 5) is 17.8. The molecule has 0 bridgehead atoms. The van der Waals surface area contributed by atoms with Crippen LogP contribution in [-0.4, -0.2) is 94.4 Å². The van der Waals surface area contributed by atoms with Crippen molar-refractivity contribution in [3.05, 3.63) is 47.7 Å². The van der Waals surface area contributed by atoms with Gasteiger partial charge < -0.3 is 24.6 Å². The molecule has 3 fully saturated rings. The van der Waals surface area contributed by atoms with E-state index in [4.69, 9.17) is 14.5 Å². The highest BCUT2D eigenvalue weighted by Crippen LogP contribution is 2.42. The number of rotatable bonds is 7. The van der Waals surface area contributed by atoms with Gasteiger partial charge in [-0.05, 0) is 60.3 Å². The Bertz CT molecular complexity index is 1760. The van der Waals surface area contributed by atoms with Crippen LogP contribution in [0.3, 0.4) is 0 Å². The van der Waals surface area contributed by atoms with Gasteiger partial charge in [-0.1, -0.05) is 13.0 Å². The molecule has 3 atom stereocenters. The molecule has 0 unspecified atom stereocenters. The van der Waals surface area contributed by atoms with Gasteiger partial charge in [-0.15, -0.1) is 0 Å². The summed E-state index contributed by atoms with van der Waals surface area (Å²) in [5, 5.41) is 21.8. The van der Waals surface area contributed by atoms with Crippen molar-refractivity contribution in [3.63, 3.8) is 0 Å². The number of ether oxygens (including phenoxy) is 2. The minimum Gasteiger partial charge on any atom is -0.508 e. The van der Waals surface area contributed by atoms with E-state index in [0.29, 0.717) is 73.2 Å². The van der Waals surface area contributed by atoms with E-state index in [-0.39, 0.29) is 47.7 Å². The zero-order chi connectivity index (χ0) is 31.3. The van der Waals surface area contributed by atoms with E-state index in [9.17, 15) is 19.0 Å². The van der Waals surface area contributed by atoms with Crippen LogP contribution in [0.25, 0.3) is 32.9 Å². The molecule has 12 heteroatoms. The predicted octanol–water partition coefficient (Wildman–Crippen LogP) is 4.79.